The van der Waals surface area contributed by atoms with Crippen LogP contribution in [-0.4, -0.2) is 5.11 Å². The highest BCUT2D eigenvalue weighted by molar-refractivity contribution is 5.32. The van der Waals surface area contributed by atoms with E-state index in [0.29, 0.717) is 5.70 Å². The summed E-state index contributed by atoms with van der Waals surface area (Å²) < 4.78 is 0. The molecule has 0 atom stereocenters. The van der Waals surface area contributed by atoms with E-state index in [0.717, 1.165) is 24.8 Å². The Morgan fingerprint density at radius 2 is 2.08 bits per heavy atom. The predicted molar refractivity (Wildman–Crippen MR) is 50.6 cm³/mol. The highest BCUT2D eigenvalue weighted by Crippen LogP contribution is 2.14. The molecule has 0 amide bonds. The third kappa shape index (κ3) is 2.16. The molecule has 0 aromatic carbocycles. The Balaban J connectivity index is 2.89. The van der Waals surface area contributed by atoms with Gasteiger partial charge < -0.3 is 10.8 Å². The van der Waals surface area contributed by atoms with Crippen LogP contribution in [0.5, 0.6) is 0 Å². The van der Waals surface area contributed by atoms with Crippen LogP contribution in [0.2, 0.25) is 0 Å². The summed E-state index contributed by atoms with van der Waals surface area (Å²) in [6.45, 7) is 2.07. The van der Waals surface area contributed by atoms with Crippen LogP contribution in [0.25, 0.3) is 0 Å². The minimum Gasteiger partial charge on any atom is -0.506 e. The summed E-state index contributed by atoms with van der Waals surface area (Å²) in [6, 6.07) is 0. The smallest absolute Gasteiger partial charge is 0.138 e. The molecule has 0 aliphatic heterocycles. The number of aliphatic hydroxyl groups excluding tert-OH is 1. The van der Waals surface area contributed by atoms with Gasteiger partial charge in [0, 0.05) is 0 Å². The van der Waals surface area contributed by atoms with Crippen molar-refractivity contribution in [1.82, 2.24) is 0 Å². The zero-order chi connectivity index (χ0) is 8.97. The molecular weight excluding hydrogens is 150 g/mol. The Morgan fingerprint density at radius 3 is 2.75 bits per heavy atom. The van der Waals surface area contributed by atoms with E-state index in [1.54, 1.807) is 6.08 Å². The van der Waals surface area contributed by atoms with Crippen LogP contribution in [0, 0.1) is 0 Å². The second-order valence-electron chi connectivity index (χ2n) is 2.90. The van der Waals surface area contributed by atoms with Crippen molar-refractivity contribution in [2.45, 2.75) is 26.2 Å². The highest BCUT2D eigenvalue weighted by atomic mass is 16.3. The molecule has 0 spiro atoms. The van der Waals surface area contributed by atoms with Crippen molar-refractivity contribution < 1.29 is 5.11 Å². The number of allylic oxidation sites excluding steroid dienone is 4. The molecule has 0 unspecified atom stereocenters. The van der Waals surface area contributed by atoms with Crippen LogP contribution in [-0.2, 0) is 0 Å². The Labute approximate surface area is 73.1 Å². The summed E-state index contributed by atoms with van der Waals surface area (Å²) in [4.78, 5) is 0. The van der Waals surface area contributed by atoms with E-state index in [1.165, 1.54) is 0 Å². The first-order valence-electron chi connectivity index (χ1n) is 4.29. The van der Waals surface area contributed by atoms with Gasteiger partial charge in [-0.1, -0.05) is 19.1 Å². The maximum absolute atomic E-state index is 9.41. The molecule has 0 saturated heterocycles. The van der Waals surface area contributed by atoms with E-state index in [9.17, 15) is 5.11 Å². The van der Waals surface area contributed by atoms with E-state index in [4.69, 9.17) is 5.73 Å². The lowest BCUT2D eigenvalue weighted by atomic mass is 10.1. The predicted octanol–water partition coefficient (Wildman–Crippen LogP) is 2.40. The third-order valence-corrected chi connectivity index (χ3v) is 1.96. The fraction of sp³-hybridized carbons (Fsp3) is 0.400. The van der Waals surface area contributed by atoms with Gasteiger partial charge in [0.2, 0.25) is 0 Å². The Hall–Kier alpha value is -1.18. The topological polar surface area (TPSA) is 46.2 Å². The summed E-state index contributed by atoms with van der Waals surface area (Å²) >= 11 is 0. The van der Waals surface area contributed by atoms with Gasteiger partial charge in [0.25, 0.3) is 0 Å². The Kier molecular flexibility index (Phi) is 2.97. The zero-order valence-electron chi connectivity index (χ0n) is 7.38. The second-order valence-corrected chi connectivity index (χ2v) is 2.90. The van der Waals surface area contributed by atoms with Gasteiger partial charge >= 0.3 is 0 Å². The summed E-state index contributed by atoms with van der Waals surface area (Å²) in [5, 5.41) is 9.41. The molecule has 0 heterocycles. The van der Waals surface area contributed by atoms with Crippen LogP contribution in [0.15, 0.2) is 35.3 Å². The summed E-state index contributed by atoms with van der Waals surface area (Å²) in [5.74, 6) is 0.197. The molecule has 1 aliphatic carbocycles. The van der Waals surface area contributed by atoms with Gasteiger partial charge in [-0.05, 0) is 30.9 Å². The van der Waals surface area contributed by atoms with Crippen molar-refractivity contribution in [2.24, 2.45) is 5.73 Å². The van der Waals surface area contributed by atoms with Crippen molar-refractivity contribution in [3.63, 3.8) is 0 Å². The average molecular weight is 165 g/mol. The Morgan fingerprint density at radius 1 is 1.42 bits per heavy atom. The summed E-state index contributed by atoms with van der Waals surface area (Å²) in [6.07, 6.45) is 8.59. The number of aliphatic hydroxyl groups is 1. The second kappa shape index (κ2) is 4.00. The van der Waals surface area contributed by atoms with Crippen LogP contribution in [0.3, 0.4) is 0 Å². The molecule has 0 saturated carbocycles. The van der Waals surface area contributed by atoms with Crippen molar-refractivity contribution >= 4 is 0 Å². The van der Waals surface area contributed by atoms with E-state index in [1.807, 2.05) is 6.08 Å². The minimum atomic E-state index is 0.197. The van der Waals surface area contributed by atoms with E-state index in [2.05, 4.69) is 13.0 Å². The van der Waals surface area contributed by atoms with Gasteiger partial charge in [-0.15, -0.1) is 0 Å². The van der Waals surface area contributed by atoms with E-state index < -0.39 is 0 Å². The van der Waals surface area contributed by atoms with Gasteiger partial charge in [0.15, 0.2) is 0 Å². The zero-order valence-corrected chi connectivity index (χ0v) is 7.38. The largest absolute Gasteiger partial charge is 0.506 e. The number of nitrogens with two attached hydrogens (primary N) is 1. The van der Waals surface area contributed by atoms with E-state index in [-0.39, 0.29) is 5.76 Å². The average Bonchev–Trinajstić information content (AvgIpc) is 2.06. The number of rotatable bonds is 1. The van der Waals surface area contributed by atoms with E-state index >= 15 is 0 Å². The summed E-state index contributed by atoms with van der Waals surface area (Å²) in [7, 11) is 0. The number of hydrogen-bond donors (Lipinski definition) is 2. The molecule has 66 valence electrons. The minimum absolute atomic E-state index is 0.197. The first kappa shape index (κ1) is 8.91. The quantitative estimate of drug-likeness (QED) is 0.626. The molecule has 0 aromatic rings. The molecule has 0 radical (unpaired) electrons. The Bertz CT molecular complexity index is 249. The van der Waals surface area contributed by atoms with Crippen molar-refractivity contribution in [2.75, 3.05) is 0 Å². The SMILES string of the molecule is CCC1=CCC/C=C(\N)C(O)=C1. The molecule has 0 fully saturated rings. The van der Waals surface area contributed by atoms with Gasteiger partial charge in [-0.25, -0.2) is 0 Å². The maximum atomic E-state index is 9.41. The van der Waals surface area contributed by atoms with Gasteiger partial charge in [0.1, 0.15) is 5.76 Å². The van der Waals surface area contributed by atoms with Crippen molar-refractivity contribution in [3.05, 3.63) is 35.3 Å². The third-order valence-electron chi connectivity index (χ3n) is 1.96. The lowest BCUT2D eigenvalue weighted by molar-refractivity contribution is 0.420. The van der Waals surface area contributed by atoms with Crippen LogP contribution >= 0.6 is 0 Å². The number of hydrogen-bond acceptors (Lipinski definition) is 2. The molecule has 0 bridgehead atoms. The summed E-state index contributed by atoms with van der Waals surface area (Å²) in [5.41, 5.74) is 7.23. The van der Waals surface area contributed by atoms with Gasteiger partial charge in [0.05, 0.1) is 5.70 Å². The van der Waals surface area contributed by atoms with Gasteiger partial charge in [-0.2, -0.15) is 0 Å². The highest BCUT2D eigenvalue weighted by Gasteiger charge is 2.01. The molecule has 2 heteroatoms. The molecule has 3 N–H and O–H groups in total. The molecular formula is C10H15NO. The molecule has 1 aliphatic rings. The molecule has 12 heavy (non-hydrogen) atoms. The van der Waals surface area contributed by atoms with Crippen LogP contribution in [0.1, 0.15) is 26.2 Å². The van der Waals surface area contributed by atoms with Crippen LogP contribution in [0.4, 0.5) is 0 Å². The normalized spacial score (nSPS) is 22.9. The standard InChI is InChI=1S/C10H15NO/c1-2-8-5-3-4-6-9(11)10(12)7-8/h5-7,12H,2-4,11H2,1H3/b8-5?,9-6-,10-7?. The fourth-order valence-corrected chi connectivity index (χ4v) is 1.18. The maximum Gasteiger partial charge on any atom is 0.138 e. The first-order chi connectivity index (χ1) is 5.74. The lowest BCUT2D eigenvalue weighted by Gasteiger charge is -2.05. The molecule has 0 aromatic heterocycles. The monoisotopic (exact) mass is 165 g/mol. The molecule has 2 nitrogen and oxygen atoms in total. The molecule has 1 rings (SSSR count). The van der Waals surface area contributed by atoms with Crippen molar-refractivity contribution in [1.29, 1.82) is 0 Å². The first-order valence-corrected chi connectivity index (χ1v) is 4.29. The van der Waals surface area contributed by atoms with Gasteiger partial charge in [-0.3, -0.25) is 0 Å². The lowest BCUT2D eigenvalue weighted by Crippen LogP contribution is -2.02. The van der Waals surface area contributed by atoms with Crippen molar-refractivity contribution in [3.8, 4) is 0 Å². The van der Waals surface area contributed by atoms with Crippen LogP contribution < -0.4 is 5.73 Å². The fourth-order valence-electron chi connectivity index (χ4n) is 1.18.